The largest absolute Gasteiger partial charge is 0.395 e. The summed E-state index contributed by atoms with van der Waals surface area (Å²) in [5.74, 6) is 0.597. The standard InChI is InChI=1S/C18H22BrNO2.C18H22BrNO/c1-13-5-3-4-6-16(13)18(22)17-11-15(19)8-7-14(17)12-20(2)9-10-21;1-13-9-15-7-8-16(19)10-18(15)20(12-21-11-13)17-6-4-3-5-14(17)2/h3-8,11,18,21-22H,9-10,12H2,1-2H3;3-6,10,13H,7-9,11-12H2,1-2H3. The molecule has 1 aliphatic heterocycles. The van der Waals surface area contributed by atoms with Gasteiger partial charge in [0.25, 0.3) is 0 Å². The molecule has 0 saturated carbocycles. The molecule has 2 atom stereocenters. The maximum absolute atomic E-state index is 10.8. The lowest BCUT2D eigenvalue weighted by Crippen LogP contribution is -2.31. The molecule has 7 heteroatoms. The van der Waals surface area contributed by atoms with Gasteiger partial charge in [0, 0.05) is 28.9 Å². The van der Waals surface area contributed by atoms with Crippen LogP contribution in [0.15, 0.2) is 93.0 Å². The normalized spacial score (nSPS) is 17.8. The highest BCUT2D eigenvalue weighted by molar-refractivity contribution is 9.11. The summed E-state index contributed by atoms with van der Waals surface area (Å²) in [5.41, 5.74) is 9.39. The van der Waals surface area contributed by atoms with E-state index in [0.717, 1.165) is 52.6 Å². The van der Waals surface area contributed by atoms with Crippen LogP contribution in [0.25, 0.3) is 0 Å². The van der Waals surface area contributed by atoms with Crippen molar-refractivity contribution in [1.29, 1.82) is 0 Å². The molecule has 0 bridgehead atoms. The zero-order chi connectivity index (χ0) is 30.9. The van der Waals surface area contributed by atoms with Crippen LogP contribution in [0, 0.1) is 19.8 Å². The van der Waals surface area contributed by atoms with Crippen molar-refractivity contribution in [1.82, 2.24) is 4.90 Å². The first-order valence-electron chi connectivity index (χ1n) is 15.0. The van der Waals surface area contributed by atoms with Crippen LogP contribution in [-0.4, -0.2) is 48.6 Å². The molecule has 0 aromatic heterocycles. The maximum atomic E-state index is 10.8. The van der Waals surface area contributed by atoms with E-state index >= 15 is 0 Å². The predicted molar refractivity (Wildman–Crippen MR) is 184 cm³/mol. The average Bonchev–Trinajstić information content (AvgIpc) is 2.97. The van der Waals surface area contributed by atoms with Gasteiger partial charge in [-0.2, -0.15) is 0 Å². The molecule has 0 radical (unpaired) electrons. The molecule has 5 rings (SSSR count). The molecule has 2 N–H and O–H groups in total. The van der Waals surface area contributed by atoms with Crippen molar-refractivity contribution in [3.63, 3.8) is 0 Å². The summed E-state index contributed by atoms with van der Waals surface area (Å²) in [5, 5.41) is 19.9. The molecule has 3 aromatic rings. The van der Waals surface area contributed by atoms with Gasteiger partial charge in [0.2, 0.25) is 0 Å². The summed E-state index contributed by atoms with van der Waals surface area (Å²) in [6.45, 7) is 9.34. The van der Waals surface area contributed by atoms with Crippen LogP contribution < -0.4 is 4.90 Å². The Bertz CT molecular complexity index is 1440. The van der Waals surface area contributed by atoms with Crippen molar-refractivity contribution >= 4 is 37.5 Å². The number of para-hydroxylation sites is 1. The van der Waals surface area contributed by atoms with Crippen molar-refractivity contribution in [3.05, 3.63) is 121 Å². The number of likely N-dealkylation sites (N-methyl/N-ethyl adjacent to an activating group) is 1. The SMILES string of the molecule is Cc1ccccc1C(O)c1cc(Br)ccc1CN(C)CCO.Cc1ccccc1N1COCC(C)CC2=C1C=C(Br)CC2. The van der Waals surface area contributed by atoms with Gasteiger partial charge in [0.1, 0.15) is 12.8 Å². The van der Waals surface area contributed by atoms with E-state index in [1.54, 1.807) is 5.57 Å². The third kappa shape index (κ3) is 9.13. The molecule has 1 heterocycles. The zero-order valence-electron chi connectivity index (χ0n) is 25.7. The number of halogens is 2. The first-order chi connectivity index (χ1) is 20.7. The van der Waals surface area contributed by atoms with Gasteiger partial charge < -0.3 is 19.8 Å². The van der Waals surface area contributed by atoms with Crippen LogP contribution in [-0.2, 0) is 11.3 Å². The predicted octanol–water partition coefficient (Wildman–Crippen LogP) is 8.41. The highest BCUT2D eigenvalue weighted by atomic mass is 79.9. The van der Waals surface area contributed by atoms with E-state index in [1.807, 2.05) is 61.3 Å². The topological polar surface area (TPSA) is 56.2 Å². The summed E-state index contributed by atoms with van der Waals surface area (Å²) in [6, 6.07) is 22.4. The number of nitrogens with zero attached hydrogens (tertiary/aromatic N) is 2. The number of hydrogen-bond donors (Lipinski definition) is 2. The Balaban J connectivity index is 0.000000197. The number of benzene rings is 3. The molecular weight excluding hydrogens is 668 g/mol. The Labute approximate surface area is 274 Å². The first-order valence-corrected chi connectivity index (χ1v) is 16.6. The molecule has 3 aromatic carbocycles. The van der Waals surface area contributed by atoms with E-state index in [2.05, 4.69) is 80.9 Å². The summed E-state index contributed by atoms with van der Waals surface area (Å²) in [6.07, 6.45) is 5.03. The summed E-state index contributed by atoms with van der Waals surface area (Å²) < 4.78 is 8.17. The molecule has 5 nitrogen and oxygen atoms in total. The van der Waals surface area contributed by atoms with Crippen molar-refractivity contribution in [2.45, 2.75) is 52.7 Å². The van der Waals surface area contributed by atoms with Crippen LogP contribution in [0.4, 0.5) is 5.69 Å². The first kappa shape index (κ1) is 33.6. The maximum Gasteiger partial charge on any atom is 0.123 e. The molecule has 1 aliphatic carbocycles. The molecule has 0 spiro atoms. The lowest BCUT2D eigenvalue weighted by molar-refractivity contribution is 0.104. The molecule has 2 unspecified atom stereocenters. The Morgan fingerprint density at radius 1 is 0.977 bits per heavy atom. The average molecular weight is 713 g/mol. The van der Waals surface area contributed by atoms with E-state index < -0.39 is 6.10 Å². The Hall–Kier alpha value is -2.26. The Kier molecular flexibility index (Phi) is 12.6. The van der Waals surface area contributed by atoms with Crippen molar-refractivity contribution in [2.24, 2.45) is 5.92 Å². The summed E-state index contributed by atoms with van der Waals surface area (Å²) in [7, 11) is 1.96. The second-order valence-corrected chi connectivity index (χ2v) is 13.6. The number of aliphatic hydroxyl groups excluding tert-OH is 2. The number of ether oxygens (including phenoxy) is 1. The Morgan fingerprint density at radius 3 is 2.42 bits per heavy atom. The van der Waals surface area contributed by atoms with Gasteiger partial charge in [-0.3, -0.25) is 4.90 Å². The van der Waals surface area contributed by atoms with Gasteiger partial charge in [-0.15, -0.1) is 0 Å². The van der Waals surface area contributed by atoms with Crippen LogP contribution in [0.1, 0.15) is 60.1 Å². The third-order valence-corrected chi connectivity index (χ3v) is 9.16. The smallest absolute Gasteiger partial charge is 0.123 e. The van der Waals surface area contributed by atoms with Gasteiger partial charge >= 0.3 is 0 Å². The van der Waals surface area contributed by atoms with E-state index in [1.165, 1.54) is 21.4 Å². The van der Waals surface area contributed by atoms with Crippen molar-refractivity contribution in [3.8, 4) is 0 Å². The van der Waals surface area contributed by atoms with Gasteiger partial charge in [-0.05, 0) is 108 Å². The van der Waals surface area contributed by atoms with Gasteiger partial charge in [0.05, 0.1) is 13.2 Å². The second-order valence-electron chi connectivity index (χ2n) is 11.7. The minimum Gasteiger partial charge on any atom is -0.395 e. The Morgan fingerprint density at radius 2 is 1.70 bits per heavy atom. The highest BCUT2D eigenvalue weighted by Gasteiger charge is 2.24. The third-order valence-electron chi connectivity index (χ3n) is 8.04. The number of rotatable bonds is 7. The molecule has 43 heavy (non-hydrogen) atoms. The highest BCUT2D eigenvalue weighted by Crippen LogP contribution is 2.37. The molecular formula is C36H44Br2N2O3. The number of hydrogen-bond acceptors (Lipinski definition) is 5. The van der Waals surface area contributed by atoms with E-state index in [9.17, 15) is 5.11 Å². The minimum absolute atomic E-state index is 0.128. The van der Waals surface area contributed by atoms with Gasteiger partial charge in [-0.1, -0.05) is 87.3 Å². The fourth-order valence-corrected chi connectivity index (χ4v) is 6.52. The lowest BCUT2D eigenvalue weighted by atomic mass is 9.92. The van der Waals surface area contributed by atoms with Crippen molar-refractivity contribution < 1.29 is 14.9 Å². The lowest BCUT2D eigenvalue weighted by Gasteiger charge is -2.34. The number of aryl methyl sites for hydroxylation is 2. The van der Waals surface area contributed by atoms with Crippen LogP contribution >= 0.6 is 31.9 Å². The monoisotopic (exact) mass is 710 g/mol. The quantitative estimate of drug-likeness (QED) is 0.258. The van der Waals surface area contributed by atoms with E-state index in [-0.39, 0.29) is 6.61 Å². The minimum atomic E-state index is -0.656. The molecule has 230 valence electrons. The van der Waals surface area contributed by atoms with Gasteiger partial charge in [0.15, 0.2) is 0 Å². The number of anilines is 1. The fourth-order valence-electron chi connectivity index (χ4n) is 5.72. The van der Waals surface area contributed by atoms with Crippen molar-refractivity contribution in [2.75, 3.05) is 38.4 Å². The molecule has 0 amide bonds. The summed E-state index contributed by atoms with van der Waals surface area (Å²) in [4.78, 5) is 4.37. The second kappa shape index (κ2) is 16.2. The molecule has 2 aliphatic rings. The van der Waals surface area contributed by atoms with E-state index in [0.29, 0.717) is 25.7 Å². The summed E-state index contributed by atoms with van der Waals surface area (Å²) >= 11 is 7.18. The van der Waals surface area contributed by atoms with Crippen LogP contribution in [0.5, 0.6) is 0 Å². The number of aliphatic hydroxyl groups is 2. The van der Waals surface area contributed by atoms with Gasteiger partial charge in [-0.25, -0.2) is 0 Å². The van der Waals surface area contributed by atoms with Crippen LogP contribution in [0.2, 0.25) is 0 Å². The zero-order valence-corrected chi connectivity index (χ0v) is 28.9. The molecule has 0 fully saturated rings. The van der Waals surface area contributed by atoms with Crippen LogP contribution in [0.3, 0.4) is 0 Å². The fraction of sp³-hybridized carbons (Fsp3) is 0.389. The number of allylic oxidation sites excluding steroid dienone is 3. The molecule has 0 saturated heterocycles. The van der Waals surface area contributed by atoms with E-state index in [4.69, 9.17) is 9.84 Å².